The Kier molecular flexibility index (Phi) is 15.1. The number of unbranched alkanes of at least 4 members (excludes halogenated alkanes) is 5. The normalized spacial score (nSPS) is 32.0. The molecule has 2 aliphatic heterocycles. The molecule has 11 nitrogen and oxygen atoms in total. The van der Waals surface area contributed by atoms with Crippen LogP contribution in [0.2, 0.25) is 0 Å². The summed E-state index contributed by atoms with van der Waals surface area (Å²) in [5.41, 5.74) is 1.85. The van der Waals surface area contributed by atoms with Gasteiger partial charge in [0.15, 0.2) is 12.6 Å². The molecular formula is C34H50O11. The van der Waals surface area contributed by atoms with E-state index in [9.17, 15) is 25.5 Å². The van der Waals surface area contributed by atoms with Crippen LogP contribution in [0.4, 0.5) is 0 Å². The highest BCUT2D eigenvalue weighted by molar-refractivity contribution is 5.14. The minimum absolute atomic E-state index is 0.0299. The molecule has 0 aliphatic carbocycles. The minimum Gasteiger partial charge on any atom is -0.387 e. The predicted molar refractivity (Wildman–Crippen MR) is 164 cm³/mol. The Hall–Kier alpha value is -2.00. The number of aliphatic hydroxyl groups excluding tert-OH is 5. The van der Waals surface area contributed by atoms with Crippen LogP contribution in [0.25, 0.3) is 0 Å². The summed E-state index contributed by atoms with van der Waals surface area (Å²) in [6.45, 7) is 2.91. The molecule has 2 heterocycles. The SMILES string of the molecule is CCCCCCCCO[C@H]1O[C@H](COCc2ccccc2)[C@@H](O[C@H]2O[C@H](COCc3ccccc3)[C@@H](O)[C@H](O)[C@@H]2O)[C@H](O)[C@@H]1O. The van der Waals surface area contributed by atoms with Crippen LogP contribution in [0.1, 0.15) is 56.6 Å². The Labute approximate surface area is 265 Å². The van der Waals surface area contributed by atoms with Gasteiger partial charge in [-0.25, -0.2) is 0 Å². The molecule has 45 heavy (non-hydrogen) atoms. The van der Waals surface area contributed by atoms with Crippen molar-refractivity contribution in [2.75, 3.05) is 19.8 Å². The molecule has 2 aromatic rings. The highest BCUT2D eigenvalue weighted by Gasteiger charge is 2.51. The van der Waals surface area contributed by atoms with Gasteiger partial charge in [0.25, 0.3) is 0 Å². The average molecular weight is 635 g/mol. The van der Waals surface area contributed by atoms with Crippen LogP contribution in [0, 0.1) is 0 Å². The predicted octanol–water partition coefficient (Wildman–Crippen LogP) is 2.44. The van der Waals surface area contributed by atoms with Crippen LogP contribution in [-0.2, 0) is 41.6 Å². The lowest BCUT2D eigenvalue weighted by Crippen LogP contribution is -2.64. The standard InChI is InChI=1S/C34H50O11/c1-2-3-4-5-6-13-18-42-33-31(39)29(37)32(26(44-33)22-41-20-24-16-11-8-12-17-24)45-34-30(38)28(36)27(35)25(43-34)21-40-19-23-14-9-7-10-15-23/h7-12,14-17,25-39H,2-6,13,18-22H2,1H3/t25-,26-,27-,28+,29-,30+,31+,32-,33+,34-/m1/s1. The van der Waals surface area contributed by atoms with Crippen molar-refractivity contribution >= 4 is 0 Å². The molecule has 0 radical (unpaired) electrons. The lowest BCUT2D eigenvalue weighted by atomic mass is 9.97. The summed E-state index contributed by atoms with van der Waals surface area (Å²) in [7, 11) is 0. The second-order valence-corrected chi connectivity index (χ2v) is 11.8. The third-order valence-corrected chi connectivity index (χ3v) is 8.17. The Bertz CT molecular complexity index is 1060. The monoisotopic (exact) mass is 634 g/mol. The van der Waals surface area contributed by atoms with Crippen LogP contribution in [0.3, 0.4) is 0 Å². The number of hydrogen-bond donors (Lipinski definition) is 5. The van der Waals surface area contributed by atoms with Crippen LogP contribution >= 0.6 is 0 Å². The van der Waals surface area contributed by atoms with Crippen molar-refractivity contribution in [3.8, 4) is 0 Å². The zero-order valence-corrected chi connectivity index (χ0v) is 26.0. The summed E-state index contributed by atoms with van der Waals surface area (Å²) in [6, 6.07) is 19.0. The number of aliphatic hydroxyl groups is 5. The summed E-state index contributed by atoms with van der Waals surface area (Å²) in [4.78, 5) is 0. The fourth-order valence-corrected chi connectivity index (χ4v) is 5.48. The van der Waals surface area contributed by atoms with Gasteiger partial charge in [0.1, 0.15) is 48.8 Å². The molecule has 5 N–H and O–H groups in total. The lowest BCUT2D eigenvalue weighted by Gasteiger charge is -2.46. The van der Waals surface area contributed by atoms with Crippen LogP contribution < -0.4 is 0 Å². The Morgan fingerprint density at radius 3 is 1.73 bits per heavy atom. The molecule has 0 unspecified atom stereocenters. The fraction of sp³-hybridized carbons (Fsp3) is 0.647. The average Bonchev–Trinajstić information content (AvgIpc) is 3.06. The van der Waals surface area contributed by atoms with E-state index >= 15 is 0 Å². The zero-order valence-electron chi connectivity index (χ0n) is 26.0. The smallest absolute Gasteiger partial charge is 0.187 e. The van der Waals surface area contributed by atoms with E-state index in [-0.39, 0.29) is 26.4 Å². The maximum atomic E-state index is 11.2. The molecular weight excluding hydrogens is 584 g/mol. The van der Waals surface area contributed by atoms with E-state index in [1.54, 1.807) is 0 Å². The maximum Gasteiger partial charge on any atom is 0.187 e. The van der Waals surface area contributed by atoms with Crippen molar-refractivity contribution in [3.05, 3.63) is 71.8 Å². The third kappa shape index (κ3) is 10.8. The van der Waals surface area contributed by atoms with Gasteiger partial charge in [-0.15, -0.1) is 0 Å². The first-order valence-electron chi connectivity index (χ1n) is 16.1. The molecule has 10 atom stereocenters. The zero-order chi connectivity index (χ0) is 32.0. The van der Waals surface area contributed by atoms with E-state index in [1.165, 1.54) is 19.3 Å². The van der Waals surface area contributed by atoms with Gasteiger partial charge in [-0.1, -0.05) is 99.7 Å². The third-order valence-electron chi connectivity index (χ3n) is 8.17. The van der Waals surface area contributed by atoms with E-state index in [4.69, 9.17) is 28.4 Å². The van der Waals surface area contributed by atoms with Gasteiger partial charge in [-0.3, -0.25) is 0 Å². The minimum atomic E-state index is -1.65. The van der Waals surface area contributed by atoms with E-state index in [1.807, 2.05) is 60.7 Å². The Morgan fingerprint density at radius 2 is 1.11 bits per heavy atom. The molecule has 0 amide bonds. The highest BCUT2D eigenvalue weighted by Crippen LogP contribution is 2.30. The molecule has 0 bridgehead atoms. The first kappa shape index (κ1) is 35.8. The van der Waals surface area contributed by atoms with Crippen molar-refractivity contribution in [3.63, 3.8) is 0 Å². The number of ether oxygens (including phenoxy) is 6. The molecule has 252 valence electrons. The summed E-state index contributed by atoms with van der Waals surface area (Å²) >= 11 is 0. The second kappa shape index (κ2) is 19.0. The first-order chi connectivity index (χ1) is 21.9. The molecule has 11 heteroatoms. The molecule has 0 saturated carbocycles. The van der Waals surface area contributed by atoms with Gasteiger partial charge in [-0.05, 0) is 17.5 Å². The largest absolute Gasteiger partial charge is 0.387 e. The van der Waals surface area contributed by atoms with Crippen molar-refractivity contribution in [1.29, 1.82) is 0 Å². The number of hydrogen-bond acceptors (Lipinski definition) is 11. The first-order valence-corrected chi connectivity index (χ1v) is 16.1. The number of benzene rings is 2. The molecule has 2 aliphatic rings. The summed E-state index contributed by atoms with van der Waals surface area (Å²) < 4.78 is 35.4. The molecule has 2 fully saturated rings. The topological polar surface area (TPSA) is 157 Å². The van der Waals surface area contributed by atoms with Gasteiger partial charge in [-0.2, -0.15) is 0 Å². The summed E-state index contributed by atoms with van der Waals surface area (Å²) in [5.74, 6) is 0. The van der Waals surface area contributed by atoms with Gasteiger partial charge in [0.05, 0.1) is 26.4 Å². The van der Waals surface area contributed by atoms with Crippen molar-refractivity contribution in [2.24, 2.45) is 0 Å². The highest BCUT2D eigenvalue weighted by atomic mass is 16.7. The second-order valence-electron chi connectivity index (χ2n) is 11.8. The van der Waals surface area contributed by atoms with Crippen LogP contribution in [-0.4, -0.2) is 107 Å². The summed E-state index contributed by atoms with van der Waals surface area (Å²) in [6.07, 6.45) is -7.03. The molecule has 4 rings (SSSR count). The van der Waals surface area contributed by atoms with E-state index in [0.29, 0.717) is 6.61 Å². The maximum absolute atomic E-state index is 11.2. The van der Waals surface area contributed by atoms with Gasteiger partial charge in [0.2, 0.25) is 0 Å². The van der Waals surface area contributed by atoms with Crippen LogP contribution in [0.15, 0.2) is 60.7 Å². The van der Waals surface area contributed by atoms with Crippen LogP contribution in [0.5, 0.6) is 0 Å². The molecule has 2 saturated heterocycles. The van der Waals surface area contributed by atoms with E-state index in [2.05, 4.69) is 6.92 Å². The molecule has 2 aromatic carbocycles. The van der Waals surface area contributed by atoms with E-state index in [0.717, 1.165) is 30.4 Å². The Morgan fingerprint density at radius 1 is 0.578 bits per heavy atom. The fourth-order valence-electron chi connectivity index (χ4n) is 5.48. The summed E-state index contributed by atoms with van der Waals surface area (Å²) in [5, 5.41) is 54.1. The molecule has 0 aromatic heterocycles. The van der Waals surface area contributed by atoms with Crippen molar-refractivity contribution < 1.29 is 54.0 Å². The van der Waals surface area contributed by atoms with Gasteiger partial charge < -0.3 is 54.0 Å². The van der Waals surface area contributed by atoms with E-state index < -0.39 is 61.4 Å². The quantitative estimate of drug-likeness (QED) is 0.154. The van der Waals surface area contributed by atoms with Gasteiger partial charge >= 0.3 is 0 Å². The van der Waals surface area contributed by atoms with Crippen molar-refractivity contribution in [1.82, 2.24) is 0 Å². The van der Waals surface area contributed by atoms with Gasteiger partial charge in [0, 0.05) is 6.61 Å². The lowest BCUT2D eigenvalue weighted by molar-refractivity contribution is -0.361. The Balaban J connectivity index is 1.38. The molecule has 0 spiro atoms. The number of rotatable bonds is 18. The van der Waals surface area contributed by atoms with Crippen molar-refractivity contribution in [2.45, 2.75) is 120 Å².